The van der Waals surface area contributed by atoms with Crippen molar-refractivity contribution in [3.05, 3.63) is 23.8 Å². The van der Waals surface area contributed by atoms with Gasteiger partial charge in [0.05, 0.1) is 20.3 Å². The van der Waals surface area contributed by atoms with Crippen molar-refractivity contribution in [2.24, 2.45) is 11.3 Å². The standard InChI is InChI=1S/C17H26O3/c1-17(2)9-7-12(8-10-17)16(18)13-5-6-14(19-3)15(11-13)20-4/h5-6,11-12,16,18H,7-10H2,1-4H3. The van der Waals surface area contributed by atoms with Crippen molar-refractivity contribution in [1.82, 2.24) is 0 Å². The molecule has 1 unspecified atom stereocenters. The van der Waals surface area contributed by atoms with Crippen LogP contribution >= 0.6 is 0 Å². The van der Waals surface area contributed by atoms with E-state index in [9.17, 15) is 5.11 Å². The monoisotopic (exact) mass is 278 g/mol. The van der Waals surface area contributed by atoms with Gasteiger partial charge in [0.2, 0.25) is 0 Å². The number of rotatable bonds is 4. The van der Waals surface area contributed by atoms with E-state index in [-0.39, 0.29) is 0 Å². The second kappa shape index (κ2) is 6.04. The van der Waals surface area contributed by atoms with E-state index >= 15 is 0 Å². The molecule has 0 bridgehead atoms. The van der Waals surface area contributed by atoms with Crippen LogP contribution < -0.4 is 9.47 Å². The number of methoxy groups -OCH3 is 2. The molecule has 2 rings (SSSR count). The molecule has 0 heterocycles. The minimum atomic E-state index is -0.411. The van der Waals surface area contributed by atoms with Crippen LogP contribution in [0.2, 0.25) is 0 Å². The maximum atomic E-state index is 10.6. The third-order valence-electron chi connectivity index (χ3n) is 4.58. The van der Waals surface area contributed by atoms with Crippen LogP contribution in [-0.2, 0) is 0 Å². The molecule has 0 aliphatic heterocycles. The highest BCUT2D eigenvalue weighted by Gasteiger charge is 2.31. The van der Waals surface area contributed by atoms with Crippen LogP contribution in [0.15, 0.2) is 18.2 Å². The number of hydrogen-bond donors (Lipinski definition) is 1. The summed E-state index contributed by atoms with van der Waals surface area (Å²) in [6.07, 6.45) is 4.13. The Bertz CT molecular complexity index is 444. The zero-order chi connectivity index (χ0) is 14.8. The first-order chi connectivity index (χ1) is 9.46. The Morgan fingerprint density at radius 1 is 1.10 bits per heavy atom. The fourth-order valence-electron chi connectivity index (χ4n) is 3.05. The molecule has 1 N–H and O–H groups in total. The predicted octanol–water partition coefficient (Wildman–Crippen LogP) is 3.95. The zero-order valence-electron chi connectivity index (χ0n) is 13.0. The summed E-state index contributed by atoms with van der Waals surface area (Å²) in [6, 6.07) is 5.69. The van der Waals surface area contributed by atoms with Crippen molar-refractivity contribution >= 4 is 0 Å². The van der Waals surface area contributed by atoms with Crippen molar-refractivity contribution in [2.75, 3.05) is 14.2 Å². The van der Waals surface area contributed by atoms with Gasteiger partial charge in [-0.2, -0.15) is 0 Å². The predicted molar refractivity (Wildman–Crippen MR) is 80.2 cm³/mol. The summed E-state index contributed by atoms with van der Waals surface area (Å²) in [5, 5.41) is 10.6. The Labute approximate surface area is 121 Å². The third-order valence-corrected chi connectivity index (χ3v) is 4.58. The molecule has 20 heavy (non-hydrogen) atoms. The molecule has 112 valence electrons. The highest BCUT2D eigenvalue weighted by atomic mass is 16.5. The van der Waals surface area contributed by atoms with E-state index in [1.807, 2.05) is 18.2 Å². The minimum absolute atomic E-state index is 0.348. The Morgan fingerprint density at radius 2 is 1.70 bits per heavy atom. The van der Waals surface area contributed by atoms with E-state index in [0.717, 1.165) is 18.4 Å². The summed E-state index contributed by atoms with van der Waals surface area (Å²) in [7, 11) is 3.24. The molecule has 0 spiro atoms. The van der Waals surface area contributed by atoms with Crippen molar-refractivity contribution in [1.29, 1.82) is 0 Å². The summed E-state index contributed by atoms with van der Waals surface area (Å²) >= 11 is 0. The molecule has 1 fully saturated rings. The molecular formula is C17H26O3. The minimum Gasteiger partial charge on any atom is -0.493 e. The molecule has 1 aromatic carbocycles. The Kier molecular flexibility index (Phi) is 4.59. The van der Waals surface area contributed by atoms with Gasteiger partial charge in [0.15, 0.2) is 11.5 Å². The Morgan fingerprint density at radius 3 is 2.25 bits per heavy atom. The quantitative estimate of drug-likeness (QED) is 0.906. The maximum Gasteiger partial charge on any atom is 0.161 e. The summed E-state index contributed by atoms with van der Waals surface area (Å²) in [5.41, 5.74) is 1.35. The summed E-state index contributed by atoms with van der Waals surface area (Å²) in [4.78, 5) is 0. The van der Waals surface area contributed by atoms with Gasteiger partial charge >= 0.3 is 0 Å². The Hall–Kier alpha value is -1.22. The highest BCUT2D eigenvalue weighted by molar-refractivity contribution is 5.43. The van der Waals surface area contributed by atoms with Crippen molar-refractivity contribution in [2.45, 2.75) is 45.6 Å². The van der Waals surface area contributed by atoms with Gasteiger partial charge < -0.3 is 14.6 Å². The van der Waals surface area contributed by atoms with Crippen LogP contribution in [0.3, 0.4) is 0 Å². The number of benzene rings is 1. The van der Waals surface area contributed by atoms with E-state index in [4.69, 9.17) is 9.47 Å². The number of aliphatic hydroxyl groups is 1. The van der Waals surface area contributed by atoms with Crippen LogP contribution in [0.1, 0.15) is 51.2 Å². The molecule has 1 aromatic rings. The van der Waals surface area contributed by atoms with Crippen molar-refractivity contribution in [3.8, 4) is 11.5 Å². The van der Waals surface area contributed by atoms with E-state index in [2.05, 4.69) is 13.8 Å². The topological polar surface area (TPSA) is 38.7 Å². The second-order valence-electron chi connectivity index (χ2n) is 6.56. The van der Waals surface area contributed by atoms with Gasteiger partial charge in [0, 0.05) is 0 Å². The lowest BCUT2D eigenvalue weighted by Crippen LogP contribution is -2.25. The van der Waals surface area contributed by atoms with E-state index in [1.165, 1.54) is 12.8 Å². The van der Waals surface area contributed by atoms with Crippen LogP contribution in [0.25, 0.3) is 0 Å². The van der Waals surface area contributed by atoms with E-state index in [0.29, 0.717) is 22.8 Å². The SMILES string of the molecule is COc1ccc(C(O)C2CCC(C)(C)CC2)cc1OC. The first-order valence-electron chi connectivity index (χ1n) is 7.37. The fourth-order valence-corrected chi connectivity index (χ4v) is 3.05. The van der Waals surface area contributed by atoms with Gasteiger partial charge in [-0.3, -0.25) is 0 Å². The van der Waals surface area contributed by atoms with Gasteiger partial charge in [-0.15, -0.1) is 0 Å². The summed E-state index contributed by atoms with van der Waals surface area (Å²) < 4.78 is 10.5. The Balaban J connectivity index is 2.11. The molecule has 1 aliphatic rings. The van der Waals surface area contributed by atoms with Crippen molar-refractivity contribution in [3.63, 3.8) is 0 Å². The fraction of sp³-hybridized carbons (Fsp3) is 0.647. The molecule has 3 heteroatoms. The lowest BCUT2D eigenvalue weighted by molar-refractivity contribution is 0.0565. The molecule has 1 saturated carbocycles. The van der Waals surface area contributed by atoms with Crippen LogP contribution in [-0.4, -0.2) is 19.3 Å². The number of ether oxygens (including phenoxy) is 2. The second-order valence-corrected chi connectivity index (χ2v) is 6.56. The molecule has 1 aliphatic carbocycles. The van der Waals surface area contributed by atoms with Gasteiger partial charge in [-0.25, -0.2) is 0 Å². The first kappa shape index (κ1) is 15.2. The average Bonchev–Trinajstić information content (AvgIpc) is 2.45. The maximum absolute atomic E-state index is 10.6. The molecular weight excluding hydrogens is 252 g/mol. The third kappa shape index (κ3) is 3.26. The lowest BCUT2D eigenvalue weighted by Gasteiger charge is -2.36. The van der Waals surface area contributed by atoms with Gasteiger partial charge in [-0.05, 0) is 54.7 Å². The highest BCUT2D eigenvalue weighted by Crippen LogP contribution is 2.43. The molecule has 0 aromatic heterocycles. The summed E-state index contributed by atoms with van der Waals surface area (Å²) in [5.74, 6) is 1.73. The smallest absolute Gasteiger partial charge is 0.161 e. The van der Waals surface area contributed by atoms with Crippen LogP contribution in [0.4, 0.5) is 0 Å². The lowest BCUT2D eigenvalue weighted by atomic mass is 9.71. The van der Waals surface area contributed by atoms with Crippen LogP contribution in [0, 0.1) is 11.3 Å². The molecule has 3 nitrogen and oxygen atoms in total. The molecule has 0 radical (unpaired) electrons. The molecule has 0 saturated heterocycles. The zero-order valence-corrected chi connectivity index (χ0v) is 13.0. The first-order valence-corrected chi connectivity index (χ1v) is 7.37. The van der Waals surface area contributed by atoms with Crippen LogP contribution in [0.5, 0.6) is 11.5 Å². The van der Waals surface area contributed by atoms with Gasteiger partial charge in [-0.1, -0.05) is 19.9 Å². The summed E-state index contributed by atoms with van der Waals surface area (Å²) in [6.45, 7) is 4.62. The van der Waals surface area contributed by atoms with Gasteiger partial charge in [0.1, 0.15) is 0 Å². The largest absolute Gasteiger partial charge is 0.493 e. The number of hydrogen-bond acceptors (Lipinski definition) is 3. The number of aliphatic hydroxyl groups excluding tert-OH is 1. The normalized spacial score (nSPS) is 20.4. The van der Waals surface area contributed by atoms with E-state index < -0.39 is 6.10 Å². The average molecular weight is 278 g/mol. The van der Waals surface area contributed by atoms with E-state index in [1.54, 1.807) is 14.2 Å². The van der Waals surface area contributed by atoms with Crippen molar-refractivity contribution < 1.29 is 14.6 Å². The molecule has 0 amide bonds. The van der Waals surface area contributed by atoms with Gasteiger partial charge in [0.25, 0.3) is 0 Å². The molecule has 1 atom stereocenters.